The van der Waals surface area contributed by atoms with Crippen molar-refractivity contribution in [2.24, 2.45) is 22.6 Å². The Morgan fingerprint density at radius 3 is 2.56 bits per heavy atom. The molecule has 1 amide bonds. The van der Waals surface area contributed by atoms with Gasteiger partial charge in [0, 0.05) is 40.8 Å². The number of hydrogen-bond donors (Lipinski definition) is 1. The van der Waals surface area contributed by atoms with Gasteiger partial charge in [-0.1, -0.05) is 19.9 Å². The van der Waals surface area contributed by atoms with Gasteiger partial charge in [0.15, 0.2) is 0 Å². The number of carbonyl (C=O) groups is 1. The second kappa shape index (κ2) is 10.0. The summed E-state index contributed by atoms with van der Waals surface area (Å²) in [5.41, 5.74) is 7.46. The average Bonchev–Trinajstić information content (AvgIpc) is 2.83. The van der Waals surface area contributed by atoms with Crippen molar-refractivity contribution >= 4 is 40.2 Å². The number of carbonyl (C=O) groups excluding carboxylic acids is 1. The Morgan fingerprint density at radius 2 is 1.91 bits per heavy atom. The van der Waals surface area contributed by atoms with Gasteiger partial charge in [-0.2, -0.15) is 0 Å². The largest absolute Gasteiger partial charge is 0.387 e. The molecule has 178 valence electrons. The summed E-state index contributed by atoms with van der Waals surface area (Å²) in [5, 5.41) is 0.554. The molecule has 1 saturated heterocycles. The van der Waals surface area contributed by atoms with Gasteiger partial charge < -0.3 is 10.6 Å². The Kier molecular flexibility index (Phi) is 7.11. The first-order valence-corrected chi connectivity index (χ1v) is 12.4. The molecular formula is C25H27F2N5OS. The predicted molar refractivity (Wildman–Crippen MR) is 133 cm³/mol. The molecule has 0 aliphatic carbocycles. The molecule has 2 heterocycles. The highest BCUT2D eigenvalue weighted by molar-refractivity contribution is 7.98. The van der Waals surface area contributed by atoms with Crippen molar-refractivity contribution in [2.45, 2.75) is 31.6 Å². The van der Waals surface area contributed by atoms with Gasteiger partial charge >= 0.3 is 0 Å². The number of aliphatic imine (C=N–C) groups is 1. The molecule has 0 bridgehead atoms. The highest BCUT2D eigenvalue weighted by Gasteiger charge is 2.27. The molecule has 2 aromatic carbocycles. The number of hydrogen-bond acceptors (Lipinski definition) is 5. The molecule has 0 spiro atoms. The number of nitrogens with two attached hydrogens (primary N) is 1. The SMILES string of the molecule is CSc1ccc(-c2cc(F)cc3c(N4CCC(C(=O)N=C(N)C(C)C)CC4)ncnc23)cc1F. The van der Waals surface area contributed by atoms with Crippen LogP contribution in [-0.4, -0.2) is 41.1 Å². The van der Waals surface area contributed by atoms with Crippen molar-refractivity contribution in [1.82, 2.24) is 9.97 Å². The molecule has 2 N–H and O–H groups in total. The summed E-state index contributed by atoms with van der Waals surface area (Å²) in [6.07, 6.45) is 4.44. The van der Waals surface area contributed by atoms with E-state index in [-0.39, 0.29) is 23.6 Å². The van der Waals surface area contributed by atoms with Gasteiger partial charge in [-0.15, -0.1) is 11.8 Å². The molecular weight excluding hydrogens is 456 g/mol. The minimum atomic E-state index is -0.448. The highest BCUT2D eigenvalue weighted by Crippen LogP contribution is 2.35. The van der Waals surface area contributed by atoms with E-state index in [0.717, 1.165) is 0 Å². The Morgan fingerprint density at radius 1 is 1.18 bits per heavy atom. The van der Waals surface area contributed by atoms with E-state index >= 15 is 0 Å². The maximum atomic E-state index is 14.7. The lowest BCUT2D eigenvalue weighted by Gasteiger charge is -2.32. The molecule has 34 heavy (non-hydrogen) atoms. The summed E-state index contributed by atoms with van der Waals surface area (Å²) in [6.45, 7) is 4.94. The number of thioether (sulfide) groups is 1. The fourth-order valence-electron chi connectivity index (χ4n) is 4.11. The van der Waals surface area contributed by atoms with Crippen LogP contribution in [0.2, 0.25) is 0 Å². The van der Waals surface area contributed by atoms with E-state index in [4.69, 9.17) is 5.73 Å². The molecule has 0 atom stereocenters. The van der Waals surface area contributed by atoms with Crippen LogP contribution < -0.4 is 10.6 Å². The fraction of sp³-hybridized carbons (Fsp3) is 0.360. The van der Waals surface area contributed by atoms with Crippen LogP contribution in [0.4, 0.5) is 14.6 Å². The third-order valence-corrected chi connectivity index (χ3v) is 6.89. The topological polar surface area (TPSA) is 84.5 Å². The summed E-state index contributed by atoms with van der Waals surface area (Å²) < 4.78 is 29.1. The highest BCUT2D eigenvalue weighted by atomic mass is 32.2. The summed E-state index contributed by atoms with van der Waals surface area (Å²) in [5.74, 6) is -0.233. The van der Waals surface area contributed by atoms with E-state index in [1.165, 1.54) is 36.3 Å². The Labute approximate surface area is 201 Å². The van der Waals surface area contributed by atoms with Crippen LogP contribution in [0.15, 0.2) is 46.5 Å². The lowest BCUT2D eigenvalue weighted by Crippen LogP contribution is -2.37. The van der Waals surface area contributed by atoms with Crippen LogP contribution in [0.5, 0.6) is 0 Å². The van der Waals surface area contributed by atoms with E-state index in [2.05, 4.69) is 15.0 Å². The van der Waals surface area contributed by atoms with Crippen LogP contribution >= 0.6 is 11.8 Å². The van der Waals surface area contributed by atoms with Gasteiger partial charge in [-0.25, -0.2) is 23.7 Å². The van der Waals surface area contributed by atoms with Crippen molar-refractivity contribution in [3.63, 3.8) is 0 Å². The zero-order valence-corrected chi connectivity index (χ0v) is 20.2. The number of fused-ring (bicyclic) bond motifs is 1. The molecule has 1 aromatic heterocycles. The van der Waals surface area contributed by atoms with Gasteiger partial charge in [0.2, 0.25) is 0 Å². The minimum absolute atomic E-state index is 0.0194. The lowest BCUT2D eigenvalue weighted by atomic mass is 9.95. The number of nitrogens with zero attached hydrogens (tertiary/aromatic N) is 4. The number of amides is 1. The first-order valence-electron chi connectivity index (χ1n) is 11.2. The first kappa shape index (κ1) is 24.1. The number of halogens is 2. The van der Waals surface area contributed by atoms with Crippen LogP contribution in [0.3, 0.4) is 0 Å². The summed E-state index contributed by atoms with van der Waals surface area (Å²) in [6, 6.07) is 7.64. The van der Waals surface area contributed by atoms with Crippen LogP contribution in [-0.2, 0) is 4.79 Å². The van der Waals surface area contributed by atoms with Gasteiger partial charge in [0.1, 0.15) is 29.6 Å². The van der Waals surface area contributed by atoms with E-state index < -0.39 is 5.82 Å². The van der Waals surface area contributed by atoms with Crippen LogP contribution in [0, 0.1) is 23.5 Å². The fourth-order valence-corrected chi connectivity index (χ4v) is 4.57. The van der Waals surface area contributed by atoms with E-state index in [0.29, 0.717) is 64.5 Å². The maximum Gasteiger partial charge on any atom is 0.250 e. The van der Waals surface area contributed by atoms with Gasteiger partial charge in [-0.3, -0.25) is 4.79 Å². The van der Waals surface area contributed by atoms with Crippen LogP contribution in [0.1, 0.15) is 26.7 Å². The molecule has 1 aliphatic rings. The summed E-state index contributed by atoms with van der Waals surface area (Å²) in [7, 11) is 0. The third-order valence-electron chi connectivity index (χ3n) is 6.12. The number of amidine groups is 1. The standard InChI is InChI=1S/C25H27F2N5OS/c1-14(2)23(28)31-25(33)15-6-8-32(9-7-15)24-19-12-17(26)11-18(22(19)29-13-30-24)16-4-5-21(34-3)20(27)10-16/h4-5,10-15H,6-9H2,1-3H3,(H2,28,31,33). The van der Waals surface area contributed by atoms with Gasteiger partial charge in [0.05, 0.1) is 5.52 Å². The van der Waals surface area contributed by atoms with Gasteiger partial charge in [0.25, 0.3) is 5.91 Å². The zero-order valence-electron chi connectivity index (χ0n) is 19.4. The molecule has 0 saturated carbocycles. The number of anilines is 1. The van der Waals surface area contributed by atoms with Crippen molar-refractivity contribution in [2.75, 3.05) is 24.2 Å². The zero-order chi connectivity index (χ0) is 24.4. The molecule has 9 heteroatoms. The van der Waals surface area contributed by atoms with E-state index in [1.807, 2.05) is 18.7 Å². The number of rotatable bonds is 5. The Bertz CT molecular complexity index is 1260. The third kappa shape index (κ3) is 4.89. The molecule has 4 rings (SSSR count). The second-order valence-corrected chi connectivity index (χ2v) is 9.54. The van der Waals surface area contributed by atoms with E-state index in [1.54, 1.807) is 18.4 Å². The Hall–Kier alpha value is -3.07. The number of aromatic nitrogens is 2. The maximum absolute atomic E-state index is 14.7. The quantitative estimate of drug-likeness (QED) is 0.310. The summed E-state index contributed by atoms with van der Waals surface area (Å²) in [4.78, 5) is 27.9. The van der Waals surface area contributed by atoms with E-state index in [9.17, 15) is 13.6 Å². The molecule has 1 fully saturated rings. The average molecular weight is 484 g/mol. The summed E-state index contributed by atoms with van der Waals surface area (Å²) >= 11 is 1.31. The first-order chi connectivity index (χ1) is 16.3. The Balaban J connectivity index is 1.64. The number of piperidine rings is 1. The van der Waals surface area contributed by atoms with Crippen molar-refractivity contribution in [3.8, 4) is 11.1 Å². The normalized spacial score (nSPS) is 15.4. The minimum Gasteiger partial charge on any atom is -0.387 e. The molecule has 6 nitrogen and oxygen atoms in total. The number of benzene rings is 2. The predicted octanol–water partition coefficient (Wildman–Crippen LogP) is 5.05. The van der Waals surface area contributed by atoms with Crippen molar-refractivity contribution in [3.05, 3.63) is 48.3 Å². The smallest absolute Gasteiger partial charge is 0.250 e. The molecule has 3 aromatic rings. The van der Waals surface area contributed by atoms with Crippen molar-refractivity contribution < 1.29 is 13.6 Å². The van der Waals surface area contributed by atoms with Crippen molar-refractivity contribution in [1.29, 1.82) is 0 Å². The monoisotopic (exact) mass is 483 g/mol. The molecule has 1 aliphatic heterocycles. The van der Waals surface area contributed by atoms with Gasteiger partial charge in [-0.05, 0) is 48.9 Å². The molecule has 0 radical (unpaired) electrons. The molecule has 0 unspecified atom stereocenters. The lowest BCUT2D eigenvalue weighted by molar-refractivity contribution is -0.122. The van der Waals surface area contributed by atoms with Crippen LogP contribution in [0.25, 0.3) is 22.0 Å². The second-order valence-electron chi connectivity index (χ2n) is 8.69.